The summed E-state index contributed by atoms with van der Waals surface area (Å²) in [5.41, 5.74) is 2.03. The zero-order valence-corrected chi connectivity index (χ0v) is 14.1. The molecule has 0 radical (unpaired) electrons. The highest BCUT2D eigenvalue weighted by molar-refractivity contribution is 7.89. The fourth-order valence-electron chi connectivity index (χ4n) is 2.34. The van der Waals surface area contributed by atoms with Gasteiger partial charge in [-0.15, -0.1) is 0 Å². The fraction of sp³-hybridized carbons (Fsp3) is 0.200. The van der Waals surface area contributed by atoms with Crippen molar-refractivity contribution in [1.82, 2.24) is 14.3 Å². The topological polar surface area (TPSA) is 106 Å². The van der Waals surface area contributed by atoms with E-state index in [1.54, 1.807) is 32.2 Å². The Balaban J connectivity index is 1.88. The van der Waals surface area contributed by atoms with Crippen molar-refractivity contribution in [2.75, 3.05) is 12.4 Å². The Hall–Kier alpha value is -2.65. The number of aromatic nitrogens is 2. The van der Waals surface area contributed by atoms with Gasteiger partial charge in [0.25, 0.3) is 5.91 Å². The first kappa shape index (κ1) is 16.2. The molecular weight excluding hydrogens is 332 g/mol. The van der Waals surface area contributed by atoms with Gasteiger partial charge in [0.05, 0.1) is 0 Å². The van der Waals surface area contributed by atoms with E-state index in [4.69, 9.17) is 4.42 Å². The second-order valence-electron chi connectivity index (χ2n) is 5.25. The van der Waals surface area contributed by atoms with Crippen LogP contribution in [0, 0.1) is 6.92 Å². The van der Waals surface area contributed by atoms with Crippen molar-refractivity contribution in [3.8, 4) is 0 Å². The van der Waals surface area contributed by atoms with Gasteiger partial charge in [-0.25, -0.2) is 18.1 Å². The van der Waals surface area contributed by atoms with Crippen LogP contribution in [0.15, 0.2) is 39.8 Å². The van der Waals surface area contributed by atoms with Crippen LogP contribution in [0.1, 0.15) is 16.4 Å². The summed E-state index contributed by atoms with van der Waals surface area (Å²) < 4.78 is 32.7. The second kappa shape index (κ2) is 5.77. The molecule has 2 N–H and O–H groups in total. The third-order valence-corrected chi connectivity index (χ3v) is 4.93. The Kier molecular flexibility index (Phi) is 3.90. The first-order valence-corrected chi connectivity index (χ1v) is 8.57. The summed E-state index contributed by atoms with van der Waals surface area (Å²) in [6, 6.07) is 6.42. The van der Waals surface area contributed by atoms with E-state index in [9.17, 15) is 13.2 Å². The normalized spacial score (nSPS) is 11.8. The molecule has 0 bridgehead atoms. The van der Waals surface area contributed by atoms with Gasteiger partial charge in [0.15, 0.2) is 11.5 Å². The maximum Gasteiger partial charge on any atom is 0.272 e. The maximum absolute atomic E-state index is 12.4. The average Bonchev–Trinajstić information content (AvgIpc) is 3.09. The van der Waals surface area contributed by atoms with Crippen molar-refractivity contribution < 1.29 is 17.6 Å². The van der Waals surface area contributed by atoms with Crippen molar-refractivity contribution in [2.45, 2.75) is 11.8 Å². The van der Waals surface area contributed by atoms with E-state index in [0.717, 1.165) is 0 Å². The van der Waals surface area contributed by atoms with E-state index in [1.807, 2.05) is 0 Å². The molecule has 9 heteroatoms. The number of hydrogen-bond acceptors (Lipinski definition) is 5. The summed E-state index contributed by atoms with van der Waals surface area (Å²) in [7, 11) is -0.684. The van der Waals surface area contributed by atoms with Gasteiger partial charge in [0.2, 0.25) is 10.0 Å². The Bertz CT molecular complexity index is 1030. The lowest BCUT2D eigenvalue weighted by Gasteiger charge is -2.05. The largest absolute Gasteiger partial charge is 0.441 e. The molecule has 0 saturated heterocycles. The van der Waals surface area contributed by atoms with Gasteiger partial charge in [-0.2, -0.15) is 0 Å². The quantitative estimate of drug-likeness (QED) is 0.745. The van der Waals surface area contributed by atoms with E-state index in [2.05, 4.69) is 15.0 Å². The fourth-order valence-corrected chi connectivity index (χ4v) is 3.14. The summed E-state index contributed by atoms with van der Waals surface area (Å²) in [5, 5.41) is 2.73. The molecule has 2 heterocycles. The third kappa shape index (κ3) is 2.91. The van der Waals surface area contributed by atoms with Crippen LogP contribution in [0.2, 0.25) is 0 Å². The van der Waals surface area contributed by atoms with Crippen LogP contribution in [0.25, 0.3) is 11.1 Å². The lowest BCUT2D eigenvalue weighted by molar-refractivity contribution is 0.101. The van der Waals surface area contributed by atoms with Crippen LogP contribution < -0.4 is 10.0 Å². The molecular formula is C15H16N4O4S. The molecule has 2 aromatic heterocycles. The zero-order chi connectivity index (χ0) is 17.5. The van der Waals surface area contributed by atoms with Crippen LogP contribution in [0.4, 0.5) is 5.69 Å². The molecule has 0 aliphatic carbocycles. The predicted octanol–water partition coefficient (Wildman–Crippen LogP) is 1.64. The number of benzene rings is 1. The van der Waals surface area contributed by atoms with Crippen molar-refractivity contribution in [2.24, 2.45) is 7.05 Å². The lowest BCUT2D eigenvalue weighted by Crippen LogP contribution is -2.18. The number of aryl methyl sites for hydroxylation is 2. The molecule has 0 unspecified atom stereocenters. The molecule has 0 saturated carbocycles. The lowest BCUT2D eigenvalue weighted by atomic mass is 10.2. The average molecular weight is 348 g/mol. The highest BCUT2D eigenvalue weighted by Crippen LogP contribution is 2.21. The number of nitrogens with one attached hydrogen (secondary N) is 2. The minimum atomic E-state index is -3.61. The first-order chi connectivity index (χ1) is 11.3. The SMILES string of the molecule is CNS(=O)(=O)c1cc(C(=O)Nc2ccc3oc(C)nc3c2)n(C)c1. The minimum absolute atomic E-state index is 0.0280. The zero-order valence-electron chi connectivity index (χ0n) is 13.3. The summed E-state index contributed by atoms with van der Waals surface area (Å²) in [6.07, 6.45) is 1.38. The summed E-state index contributed by atoms with van der Waals surface area (Å²) in [4.78, 5) is 16.6. The van der Waals surface area contributed by atoms with E-state index in [0.29, 0.717) is 22.7 Å². The molecule has 1 amide bonds. The predicted molar refractivity (Wildman–Crippen MR) is 88.4 cm³/mol. The molecule has 24 heavy (non-hydrogen) atoms. The molecule has 0 spiro atoms. The van der Waals surface area contributed by atoms with Gasteiger partial charge in [-0.1, -0.05) is 0 Å². The first-order valence-electron chi connectivity index (χ1n) is 7.08. The van der Waals surface area contributed by atoms with Gasteiger partial charge in [-0.05, 0) is 31.3 Å². The summed E-state index contributed by atoms with van der Waals surface area (Å²) >= 11 is 0. The molecule has 1 aromatic carbocycles. The van der Waals surface area contributed by atoms with Crippen molar-refractivity contribution in [3.05, 3.63) is 42.0 Å². The standard InChI is InChI=1S/C15H16N4O4S/c1-9-17-12-6-10(4-5-14(12)23-9)18-15(20)13-7-11(8-19(13)3)24(21,22)16-2/h4-8,16H,1-3H3,(H,18,20). The molecule has 8 nitrogen and oxygen atoms in total. The minimum Gasteiger partial charge on any atom is -0.441 e. The Morgan fingerprint density at radius 2 is 2.04 bits per heavy atom. The number of rotatable bonds is 4. The third-order valence-electron chi connectivity index (χ3n) is 3.54. The van der Waals surface area contributed by atoms with Crippen molar-refractivity contribution in [1.29, 1.82) is 0 Å². The van der Waals surface area contributed by atoms with Gasteiger partial charge in [0, 0.05) is 25.9 Å². The maximum atomic E-state index is 12.4. The Morgan fingerprint density at radius 1 is 1.29 bits per heavy atom. The van der Waals surface area contributed by atoms with Crippen LogP contribution in [0.5, 0.6) is 0 Å². The van der Waals surface area contributed by atoms with E-state index in [1.165, 1.54) is 23.9 Å². The number of carbonyl (C=O) groups is 1. The van der Waals surface area contributed by atoms with Crippen LogP contribution in [0.3, 0.4) is 0 Å². The van der Waals surface area contributed by atoms with E-state index < -0.39 is 15.9 Å². The Labute approximate surface area is 138 Å². The molecule has 0 aliphatic rings. The number of sulfonamides is 1. The number of fused-ring (bicyclic) bond motifs is 1. The number of oxazole rings is 1. The number of nitrogens with zero attached hydrogens (tertiary/aromatic N) is 2. The van der Waals surface area contributed by atoms with Gasteiger partial charge in [-0.3, -0.25) is 4.79 Å². The highest BCUT2D eigenvalue weighted by atomic mass is 32.2. The smallest absolute Gasteiger partial charge is 0.272 e. The molecule has 0 aliphatic heterocycles. The molecule has 0 fully saturated rings. The number of amides is 1. The van der Waals surface area contributed by atoms with Gasteiger partial charge < -0.3 is 14.3 Å². The molecule has 3 rings (SSSR count). The monoisotopic (exact) mass is 348 g/mol. The van der Waals surface area contributed by atoms with Crippen molar-refractivity contribution in [3.63, 3.8) is 0 Å². The van der Waals surface area contributed by atoms with Gasteiger partial charge in [0.1, 0.15) is 16.1 Å². The number of anilines is 1. The molecule has 0 atom stereocenters. The second-order valence-corrected chi connectivity index (χ2v) is 7.14. The molecule has 126 valence electrons. The number of carbonyl (C=O) groups excluding carboxylic acids is 1. The van der Waals surface area contributed by atoms with Crippen LogP contribution in [-0.2, 0) is 17.1 Å². The summed E-state index contributed by atoms with van der Waals surface area (Å²) in [6.45, 7) is 1.74. The highest BCUT2D eigenvalue weighted by Gasteiger charge is 2.19. The number of hydrogen-bond donors (Lipinski definition) is 2. The van der Waals surface area contributed by atoms with E-state index >= 15 is 0 Å². The Morgan fingerprint density at radius 3 is 2.75 bits per heavy atom. The van der Waals surface area contributed by atoms with Crippen molar-refractivity contribution >= 4 is 32.7 Å². The van der Waals surface area contributed by atoms with E-state index in [-0.39, 0.29) is 10.6 Å². The van der Waals surface area contributed by atoms with Crippen LogP contribution in [-0.4, -0.2) is 30.9 Å². The molecule has 3 aromatic rings. The van der Waals surface area contributed by atoms with Crippen LogP contribution >= 0.6 is 0 Å². The summed E-state index contributed by atoms with van der Waals surface area (Å²) in [5.74, 6) is 0.118. The van der Waals surface area contributed by atoms with Gasteiger partial charge >= 0.3 is 0 Å².